The number of ether oxygens (including phenoxy) is 1. The van der Waals surface area contributed by atoms with Crippen molar-refractivity contribution in [3.8, 4) is 5.75 Å². The SMILES string of the molecule is CCCCNC(=O)C(C)N(Cc1cccc(C)c1)C(=O)CN(c1ccc(OCc2ccccc2)cc1)S(C)(=O)=O. The van der Waals surface area contributed by atoms with Crippen molar-refractivity contribution >= 4 is 27.5 Å². The third kappa shape index (κ3) is 9.12. The molecule has 0 spiro atoms. The third-order valence-corrected chi connectivity index (χ3v) is 7.63. The molecule has 0 saturated carbocycles. The van der Waals surface area contributed by atoms with Crippen molar-refractivity contribution < 1.29 is 22.7 Å². The second kappa shape index (κ2) is 14.5. The zero-order chi connectivity index (χ0) is 29.1. The molecule has 0 bridgehead atoms. The second-order valence-corrected chi connectivity index (χ2v) is 11.8. The number of sulfonamides is 1. The van der Waals surface area contributed by atoms with Gasteiger partial charge in [0.25, 0.3) is 0 Å². The lowest BCUT2D eigenvalue weighted by molar-refractivity contribution is -0.139. The van der Waals surface area contributed by atoms with Crippen LogP contribution < -0.4 is 14.4 Å². The van der Waals surface area contributed by atoms with Crippen LogP contribution in [-0.4, -0.2) is 50.5 Å². The van der Waals surface area contributed by atoms with Crippen LogP contribution in [0.5, 0.6) is 5.75 Å². The molecule has 1 atom stereocenters. The van der Waals surface area contributed by atoms with E-state index in [1.807, 2.05) is 68.4 Å². The molecule has 3 rings (SSSR count). The molecule has 40 heavy (non-hydrogen) atoms. The first kappa shape index (κ1) is 30.7. The minimum Gasteiger partial charge on any atom is -0.489 e. The molecular formula is C31H39N3O5S. The summed E-state index contributed by atoms with van der Waals surface area (Å²) in [6.07, 6.45) is 2.82. The average Bonchev–Trinajstić information content (AvgIpc) is 2.93. The fraction of sp³-hybridized carbons (Fsp3) is 0.355. The molecule has 0 aliphatic heterocycles. The topological polar surface area (TPSA) is 96.0 Å². The van der Waals surface area contributed by atoms with Gasteiger partial charge in [-0.1, -0.05) is 73.5 Å². The highest BCUT2D eigenvalue weighted by Crippen LogP contribution is 2.23. The van der Waals surface area contributed by atoms with Gasteiger partial charge in [0.15, 0.2) is 0 Å². The van der Waals surface area contributed by atoms with Crippen LogP contribution in [0.1, 0.15) is 43.4 Å². The Morgan fingerprint density at radius 2 is 1.62 bits per heavy atom. The first-order valence-corrected chi connectivity index (χ1v) is 15.3. The first-order chi connectivity index (χ1) is 19.1. The summed E-state index contributed by atoms with van der Waals surface area (Å²) in [5.74, 6) is -0.180. The number of aryl methyl sites for hydroxylation is 1. The van der Waals surface area contributed by atoms with Gasteiger partial charge in [-0.2, -0.15) is 0 Å². The van der Waals surface area contributed by atoms with Gasteiger partial charge in [0.05, 0.1) is 11.9 Å². The van der Waals surface area contributed by atoms with Crippen LogP contribution in [0.4, 0.5) is 5.69 Å². The number of anilines is 1. The van der Waals surface area contributed by atoms with Gasteiger partial charge < -0.3 is 15.0 Å². The molecule has 0 aromatic heterocycles. The summed E-state index contributed by atoms with van der Waals surface area (Å²) in [7, 11) is -3.81. The van der Waals surface area contributed by atoms with Crippen LogP contribution in [0.25, 0.3) is 0 Å². The van der Waals surface area contributed by atoms with E-state index in [1.165, 1.54) is 4.90 Å². The highest BCUT2D eigenvalue weighted by Gasteiger charge is 2.30. The lowest BCUT2D eigenvalue weighted by Gasteiger charge is -2.31. The lowest BCUT2D eigenvalue weighted by Crippen LogP contribution is -2.51. The molecule has 0 heterocycles. The standard InChI is InChI=1S/C31H39N3O5S/c1-5-6-19-32-31(36)25(3)33(21-27-14-10-11-24(2)20-27)30(35)22-34(40(4,37)38)28-15-17-29(18-16-28)39-23-26-12-8-7-9-13-26/h7-18,20,25H,5-6,19,21-23H2,1-4H3,(H,32,36). The quantitative estimate of drug-likeness (QED) is 0.287. The van der Waals surface area contributed by atoms with Crippen LogP contribution in [0.2, 0.25) is 0 Å². The largest absolute Gasteiger partial charge is 0.489 e. The first-order valence-electron chi connectivity index (χ1n) is 13.5. The van der Waals surface area contributed by atoms with Gasteiger partial charge in [-0.05, 0) is 55.7 Å². The molecule has 9 heteroatoms. The maximum atomic E-state index is 13.7. The number of rotatable bonds is 14. The molecule has 0 aliphatic carbocycles. The predicted octanol–water partition coefficient (Wildman–Crippen LogP) is 4.67. The molecule has 8 nitrogen and oxygen atoms in total. The van der Waals surface area contributed by atoms with E-state index in [4.69, 9.17) is 4.74 Å². The summed E-state index contributed by atoms with van der Waals surface area (Å²) in [6.45, 7) is 6.27. The van der Waals surface area contributed by atoms with E-state index in [2.05, 4.69) is 5.32 Å². The van der Waals surface area contributed by atoms with E-state index >= 15 is 0 Å². The Balaban J connectivity index is 1.80. The van der Waals surface area contributed by atoms with Crippen molar-refractivity contribution in [1.29, 1.82) is 0 Å². The second-order valence-electron chi connectivity index (χ2n) is 9.87. The van der Waals surface area contributed by atoms with Gasteiger partial charge in [-0.3, -0.25) is 13.9 Å². The molecule has 0 aliphatic rings. The number of hydrogen-bond donors (Lipinski definition) is 1. The van der Waals surface area contributed by atoms with Crippen LogP contribution in [0.3, 0.4) is 0 Å². The lowest BCUT2D eigenvalue weighted by atomic mass is 10.1. The zero-order valence-corrected chi connectivity index (χ0v) is 24.5. The predicted molar refractivity (Wildman–Crippen MR) is 159 cm³/mol. The Bertz CT molecular complexity index is 1360. The van der Waals surface area contributed by atoms with E-state index in [9.17, 15) is 18.0 Å². The summed E-state index contributed by atoms with van der Waals surface area (Å²) in [5, 5.41) is 2.88. The van der Waals surface area contributed by atoms with Crippen molar-refractivity contribution in [3.05, 3.63) is 95.6 Å². The molecule has 0 saturated heterocycles. The van der Waals surface area contributed by atoms with Crippen molar-refractivity contribution in [2.75, 3.05) is 23.7 Å². The number of carbonyl (C=O) groups is 2. The fourth-order valence-electron chi connectivity index (χ4n) is 4.19. The Hall–Kier alpha value is -3.85. The average molecular weight is 566 g/mol. The fourth-order valence-corrected chi connectivity index (χ4v) is 5.04. The third-order valence-electron chi connectivity index (χ3n) is 6.48. The van der Waals surface area contributed by atoms with E-state index in [-0.39, 0.29) is 12.5 Å². The maximum Gasteiger partial charge on any atom is 0.244 e. The number of benzene rings is 3. The van der Waals surface area contributed by atoms with Gasteiger partial charge in [0.2, 0.25) is 21.8 Å². The summed E-state index contributed by atoms with van der Waals surface area (Å²) in [4.78, 5) is 28.0. The van der Waals surface area contributed by atoms with Crippen molar-refractivity contribution in [2.45, 2.75) is 52.8 Å². The van der Waals surface area contributed by atoms with Crippen LogP contribution >= 0.6 is 0 Å². The van der Waals surface area contributed by atoms with Crippen LogP contribution in [0, 0.1) is 6.92 Å². The van der Waals surface area contributed by atoms with Gasteiger partial charge in [0, 0.05) is 13.1 Å². The number of amides is 2. The Morgan fingerprint density at radius 1 is 0.950 bits per heavy atom. The Kier molecular flexibility index (Phi) is 11.1. The molecule has 0 radical (unpaired) electrons. The molecule has 214 valence electrons. The minimum absolute atomic E-state index is 0.173. The van der Waals surface area contributed by atoms with Crippen molar-refractivity contribution in [1.82, 2.24) is 10.2 Å². The molecule has 1 N–H and O–H groups in total. The number of hydrogen-bond acceptors (Lipinski definition) is 5. The smallest absolute Gasteiger partial charge is 0.244 e. The summed E-state index contributed by atoms with van der Waals surface area (Å²) in [6, 6.07) is 23.2. The Morgan fingerprint density at radius 3 is 2.25 bits per heavy atom. The minimum atomic E-state index is -3.81. The van der Waals surface area contributed by atoms with Crippen LogP contribution in [-0.2, 0) is 32.8 Å². The van der Waals surface area contributed by atoms with Gasteiger partial charge >= 0.3 is 0 Å². The molecule has 3 aromatic rings. The van der Waals surface area contributed by atoms with E-state index in [1.54, 1.807) is 31.2 Å². The number of unbranched alkanes of at least 4 members (excludes halogenated alkanes) is 1. The molecule has 1 unspecified atom stereocenters. The zero-order valence-electron chi connectivity index (χ0n) is 23.7. The van der Waals surface area contributed by atoms with E-state index in [0.29, 0.717) is 24.6 Å². The van der Waals surface area contributed by atoms with E-state index in [0.717, 1.165) is 40.1 Å². The number of nitrogens with one attached hydrogen (secondary N) is 1. The Labute approximate surface area is 238 Å². The molecule has 0 fully saturated rings. The highest BCUT2D eigenvalue weighted by atomic mass is 32.2. The molecular weight excluding hydrogens is 526 g/mol. The highest BCUT2D eigenvalue weighted by molar-refractivity contribution is 7.92. The van der Waals surface area contributed by atoms with Gasteiger partial charge in [-0.25, -0.2) is 8.42 Å². The summed E-state index contributed by atoms with van der Waals surface area (Å²) >= 11 is 0. The van der Waals surface area contributed by atoms with Crippen molar-refractivity contribution in [3.63, 3.8) is 0 Å². The maximum absolute atomic E-state index is 13.7. The van der Waals surface area contributed by atoms with Gasteiger partial charge in [-0.15, -0.1) is 0 Å². The summed E-state index contributed by atoms with van der Waals surface area (Å²) < 4.78 is 32.5. The van der Waals surface area contributed by atoms with E-state index < -0.39 is 28.5 Å². The normalized spacial score (nSPS) is 11.9. The monoisotopic (exact) mass is 565 g/mol. The van der Waals surface area contributed by atoms with Crippen molar-refractivity contribution in [2.24, 2.45) is 0 Å². The van der Waals surface area contributed by atoms with Crippen LogP contribution in [0.15, 0.2) is 78.9 Å². The molecule has 2 amide bonds. The summed E-state index contributed by atoms with van der Waals surface area (Å²) in [5.41, 5.74) is 3.22. The van der Waals surface area contributed by atoms with Gasteiger partial charge in [0.1, 0.15) is 24.9 Å². The number of nitrogens with zero attached hydrogens (tertiary/aromatic N) is 2. The number of carbonyl (C=O) groups excluding carboxylic acids is 2. The molecule has 3 aromatic carbocycles.